The fourth-order valence-electron chi connectivity index (χ4n) is 1.45. The largest absolute Gasteiger partial charge is 0.503 e. The molecule has 20 heavy (non-hydrogen) atoms. The van der Waals surface area contributed by atoms with Crippen LogP contribution in [0.25, 0.3) is 0 Å². The Kier molecular flexibility index (Phi) is 3.47. The van der Waals surface area contributed by atoms with Crippen LogP contribution in [-0.2, 0) is 0 Å². The van der Waals surface area contributed by atoms with Crippen molar-refractivity contribution < 1.29 is 23.1 Å². The van der Waals surface area contributed by atoms with Crippen LogP contribution in [0.15, 0.2) is 24.4 Å². The lowest BCUT2D eigenvalue weighted by Gasteiger charge is -2.08. The Morgan fingerprint density at radius 2 is 2.00 bits per heavy atom. The lowest BCUT2D eigenvalue weighted by molar-refractivity contribution is 0.102. The number of phenolic OH excluding ortho intramolecular Hbond substituents is 1. The molecule has 8 heteroatoms. The van der Waals surface area contributed by atoms with E-state index in [2.05, 4.69) is 10.3 Å². The van der Waals surface area contributed by atoms with E-state index in [1.165, 1.54) is 18.3 Å². The average Bonchev–Trinajstić information content (AvgIpc) is 2.43. The number of nitrogen functional groups attached to an aromatic ring is 1. The molecule has 0 atom stereocenters. The first-order chi connectivity index (χ1) is 9.41. The van der Waals surface area contributed by atoms with Crippen molar-refractivity contribution in [3.63, 3.8) is 0 Å². The minimum Gasteiger partial charge on any atom is -0.503 e. The standard InChI is InChI=1S/C12H8F3N3O2/c13-6-4-5(8(14)10(19)9(6)15)12(20)18-11-7(16)2-1-3-17-11/h1-4,19H,16H2,(H,17,18,20). The van der Waals surface area contributed by atoms with E-state index in [0.29, 0.717) is 6.07 Å². The number of rotatable bonds is 2. The van der Waals surface area contributed by atoms with Crippen molar-refractivity contribution in [2.24, 2.45) is 0 Å². The number of anilines is 2. The molecule has 104 valence electrons. The maximum absolute atomic E-state index is 13.5. The molecule has 4 N–H and O–H groups in total. The highest BCUT2D eigenvalue weighted by molar-refractivity contribution is 6.05. The van der Waals surface area contributed by atoms with Crippen molar-refractivity contribution in [3.05, 3.63) is 47.4 Å². The Balaban J connectivity index is 2.38. The zero-order chi connectivity index (χ0) is 14.9. The third-order valence-corrected chi connectivity index (χ3v) is 2.45. The fourth-order valence-corrected chi connectivity index (χ4v) is 1.45. The fraction of sp³-hybridized carbons (Fsp3) is 0. The second kappa shape index (κ2) is 5.08. The molecule has 1 aromatic carbocycles. The Bertz CT molecular complexity index is 692. The van der Waals surface area contributed by atoms with Gasteiger partial charge in [0.05, 0.1) is 11.3 Å². The Morgan fingerprint density at radius 3 is 2.65 bits per heavy atom. The zero-order valence-electron chi connectivity index (χ0n) is 9.82. The van der Waals surface area contributed by atoms with Crippen molar-refractivity contribution in [2.75, 3.05) is 11.1 Å². The van der Waals surface area contributed by atoms with Crippen LogP contribution in [0, 0.1) is 17.5 Å². The van der Waals surface area contributed by atoms with Gasteiger partial charge in [0.1, 0.15) is 0 Å². The Hall–Kier alpha value is -2.77. The highest BCUT2D eigenvalue weighted by Gasteiger charge is 2.23. The number of phenols is 1. The van der Waals surface area contributed by atoms with Gasteiger partial charge < -0.3 is 16.2 Å². The summed E-state index contributed by atoms with van der Waals surface area (Å²) in [6.45, 7) is 0. The smallest absolute Gasteiger partial charge is 0.260 e. The lowest BCUT2D eigenvalue weighted by Crippen LogP contribution is -2.16. The van der Waals surface area contributed by atoms with E-state index in [-0.39, 0.29) is 11.5 Å². The summed E-state index contributed by atoms with van der Waals surface area (Å²) in [6, 6.07) is 3.27. The van der Waals surface area contributed by atoms with E-state index in [0.717, 1.165) is 0 Å². The highest BCUT2D eigenvalue weighted by Crippen LogP contribution is 2.26. The molecular formula is C12H8F3N3O2. The number of aromatic nitrogens is 1. The number of carbonyl (C=O) groups excluding carboxylic acids is 1. The van der Waals surface area contributed by atoms with Crippen LogP contribution in [0.4, 0.5) is 24.7 Å². The number of pyridine rings is 1. The van der Waals surface area contributed by atoms with Crippen LogP contribution in [0.2, 0.25) is 0 Å². The summed E-state index contributed by atoms with van der Waals surface area (Å²) >= 11 is 0. The van der Waals surface area contributed by atoms with Gasteiger partial charge in [0, 0.05) is 6.20 Å². The van der Waals surface area contributed by atoms with E-state index in [9.17, 15) is 18.0 Å². The SMILES string of the molecule is Nc1cccnc1NC(=O)c1cc(F)c(F)c(O)c1F. The number of amides is 1. The molecule has 0 saturated heterocycles. The predicted molar refractivity (Wildman–Crippen MR) is 64.6 cm³/mol. The molecule has 1 aromatic heterocycles. The molecule has 0 saturated carbocycles. The normalized spacial score (nSPS) is 10.3. The van der Waals surface area contributed by atoms with Crippen LogP contribution in [0.5, 0.6) is 5.75 Å². The van der Waals surface area contributed by atoms with Crippen LogP contribution in [-0.4, -0.2) is 16.0 Å². The summed E-state index contributed by atoms with van der Waals surface area (Å²) in [5.74, 6) is -7.65. The second-order valence-electron chi connectivity index (χ2n) is 3.78. The number of benzene rings is 1. The number of carbonyl (C=O) groups is 1. The number of hydrogen-bond donors (Lipinski definition) is 3. The maximum Gasteiger partial charge on any atom is 0.260 e. The van der Waals surface area contributed by atoms with Gasteiger partial charge in [-0.25, -0.2) is 13.8 Å². The molecule has 0 aliphatic carbocycles. The molecule has 2 rings (SSSR count). The summed E-state index contributed by atoms with van der Waals surface area (Å²) in [5.41, 5.74) is 4.75. The molecule has 0 aliphatic heterocycles. The molecule has 1 amide bonds. The van der Waals surface area contributed by atoms with Gasteiger partial charge in [-0.2, -0.15) is 4.39 Å². The third kappa shape index (κ3) is 2.35. The summed E-state index contributed by atoms with van der Waals surface area (Å²) < 4.78 is 39.5. The first kappa shape index (κ1) is 13.7. The van der Waals surface area contributed by atoms with Crippen molar-refractivity contribution in [2.45, 2.75) is 0 Å². The van der Waals surface area contributed by atoms with Gasteiger partial charge in [0.25, 0.3) is 5.91 Å². The minimum atomic E-state index is -1.77. The van der Waals surface area contributed by atoms with Crippen molar-refractivity contribution in [1.29, 1.82) is 0 Å². The molecule has 0 unspecified atom stereocenters. The van der Waals surface area contributed by atoms with Gasteiger partial charge in [0.2, 0.25) is 5.82 Å². The third-order valence-electron chi connectivity index (χ3n) is 2.45. The highest BCUT2D eigenvalue weighted by atomic mass is 19.2. The maximum atomic E-state index is 13.5. The number of aromatic hydroxyl groups is 1. The van der Waals surface area contributed by atoms with E-state index in [1.807, 2.05) is 0 Å². The van der Waals surface area contributed by atoms with Crippen molar-refractivity contribution in [3.8, 4) is 5.75 Å². The van der Waals surface area contributed by atoms with E-state index in [1.54, 1.807) is 0 Å². The van der Waals surface area contributed by atoms with Crippen LogP contribution >= 0.6 is 0 Å². The molecule has 5 nitrogen and oxygen atoms in total. The van der Waals surface area contributed by atoms with Gasteiger partial charge in [0.15, 0.2) is 23.2 Å². The van der Waals surface area contributed by atoms with Gasteiger partial charge in [-0.05, 0) is 18.2 Å². The summed E-state index contributed by atoms with van der Waals surface area (Å²) in [6.07, 6.45) is 1.32. The number of halogens is 3. The molecular weight excluding hydrogens is 275 g/mol. The molecule has 0 radical (unpaired) electrons. The minimum absolute atomic E-state index is 0.0684. The topological polar surface area (TPSA) is 88.2 Å². The predicted octanol–water partition coefficient (Wildman–Crippen LogP) is 2.04. The van der Waals surface area contributed by atoms with Gasteiger partial charge >= 0.3 is 0 Å². The molecule has 0 aliphatic rings. The first-order valence-electron chi connectivity index (χ1n) is 5.30. The molecule has 0 bridgehead atoms. The Morgan fingerprint density at radius 1 is 1.30 bits per heavy atom. The van der Waals surface area contributed by atoms with Gasteiger partial charge in [-0.1, -0.05) is 0 Å². The number of nitrogens with zero attached hydrogens (tertiary/aromatic N) is 1. The van der Waals surface area contributed by atoms with Crippen LogP contribution < -0.4 is 11.1 Å². The monoisotopic (exact) mass is 283 g/mol. The first-order valence-corrected chi connectivity index (χ1v) is 5.30. The van der Waals surface area contributed by atoms with E-state index in [4.69, 9.17) is 10.8 Å². The van der Waals surface area contributed by atoms with Crippen LogP contribution in [0.1, 0.15) is 10.4 Å². The van der Waals surface area contributed by atoms with Gasteiger partial charge in [-0.3, -0.25) is 4.79 Å². The van der Waals surface area contributed by atoms with E-state index >= 15 is 0 Å². The molecule has 1 heterocycles. The van der Waals surface area contributed by atoms with Crippen LogP contribution in [0.3, 0.4) is 0 Å². The number of nitrogens with one attached hydrogen (secondary N) is 1. The molecule has 2 aromatic rings. The average molecular weight is 283 g/mol. The van der Waals surface area contributed by atoms with Gasteiger partial charge in [-0.15, -0.1) is 0 Å². The van der Waals surface area contributed by atoms with Crippen molar-refractivity contribution in [1.82, 2.24) is 4.98 Å². The van der Waals surface area contributed by atoms with Crippen molar-refractivity contribution >= 4 is 17.4 Å². The summed E-state index contributed by atoms with van der Waals surface area (Å²) in [4.78, 5) is 15.5. The molecule has 0 spiro atoms. The zero-order valence-corrected chi connectivity index (χ0v) is 9.82. The van der Waals surface area contributed by atoms with E-state index < -0.39 is 34.7 Å². The number of hydrogen-bond acceptors (Lipinski definition) is 4. The second-order valence-corrected chi connectivity index (χ2v) is 3.78. The number of nitrogens with two attached hydrogens (primary N) is 1. The summed E-state index contributed by atoms with van der Waals surface area (Å²) in [7, 11) is 0. The lowest BCUT2D eigenvalue weighted by atomic mass is 10.1. The Labute approximate surface area is 110 Å². The quantitative estimate of drug-likeness (QED) is 0.736. The molecule has 0 fully saturated rings. The summed E-state index contributed by atoms with van der Waals surface area (Å²) in [5, 5.41) is 11.2.